The first-order valence-electron chi connectivity index (χ1n) is 6.66. The molecule has 6 nitrogen and oxygen atoms in total. The van der Waals surface area contributed by atoms with Crippen molar-refractivity contribution in [3.05, 3.63) is 64.1 Å². The largest absolute Gasteiger partial charge is 0.398 e. The number of H-pyrrole nitrogens is 1. The third kappa shape index (κ3) is 2.39. The average molecular weight is 317 g/mol. The molecule has 0 saturated carbocycles. The van der Waals surface area contributed by atoms with Crippen molar-refractivity contribution in [2.45, 2.75) is 12.7 Å². The number of hydrogen-bond acceptors (Lipinski definition) is 4. The van der Waals surface area contributed by atoms with Gasteiger partial charge in [-0.15, -0.1) is 0 Å². The van der Waals surface area contributed by atoms with Gasteiger partial charge >= 0.3 is 5.69 Å². The first-order valence-corrected chi connectivity index (χ1v) is 8.27. The van der Waals surface area contributed by atoms with Gasteiger partial charge in [-0.05, 0) is 30.2 Å². The Labute approximate surface area is 127 Å². The van der Waals surface area contributed by atoms with Crippen molar-refractivity contribution in [2.75, 3.05) is 5.73 Å². The maximum absolute atomic E-state index is 12.6. The molecular formula is C15H15N3O3S. The molecule has 3 N–H and O–H groups in total. The predicted octanol–water partition coefficient (Wildman–Crippen LogP) is 1.60. The van der Waals surface area contributed by atoms with Crippen LogP contribution in [0.5, 0.6) is 0 Å². The quantitative estimate of drug-likeness (QED) is 0.717. The van der Waals surface area contributed by atoms with Gasteiger partial charge in [-0.1, -0.05) is 30.3 Å². The Kier molecular flexibility index (Phi) is 3.29. The second-order valence-corrected chi connectivity index (χ2v) is 6.98. The molecule has 0 radical (unpaired) electrons. The van der Waals surface area contributed by atoms with Gasteiger partial charge in [0.25, 0.3) is 0 Å². The summed E-state index contributed by atoms with van der Waals surface area (Å²) < 4.78 is 26.0. The molecule has 0 atom stereocenters. The summed E-state index contributed by atoms with van der Waals surface area (Å²) in [5.74, 6) is -0.246. The van der Waals surface area contributed by atoms with Crippen molar-refractivity contribution in [1.82, 2.24) is 8.96 Å². The molecule has 0 amide bonds. The van der Waals surface area contributed by atoms with Gasteiger partial charge in [0.05, 0.1) is 16.8 Å². The molecule has 7 heteroatoms. The third-order valence-corrected chi connectivity index (χ3v) is 5.12. The fourth-order valence-electron chi connectivity index (χ4n) is 2.38. The third-order valence-electron chi connectivity index (χ3n) is 3.50. The number of nitrogens with two attached hydrogens (primary N) is 1. The number of hydrogen-bond donors (Lipinski definition) is 2. The molecule has 1 heterocycles. The Hall–Kier alpha value is -2.54. The van der Waals surface area contributed by atoms with Gasteiger partial charge in [-0.3, -0.25) is 0 Å². The summed E-state index contributed by atoms with van der Waals surface area (Å²) in [7, 11) is -3.82. The number of aromatic amines is 1. The molecule has 1 aromatic heterocycles. The molecule has 0 saturated heterocycles. The van der Waals surface area contributed by atoms with E-state index in [1.807, 2.05) is 0 Å². The number of nitrogens with zero attached hydrogens (tertiary/aromatic N) is 1. The monoisotopic (exact) mass is 317 g/mol. The lowest BCUT2D eigenvalue weighted by molar-refractivity contribution is 0.586. The fourth-order valence-corrected chi connectivity index (χ4v) is 3.87. The van der Waals surface area contributed by atoms with Crippen molar-refractivity contribution in [1.29, 1.82) is 0 Å². The van der Waals surface area contributed by atoms with Gasteiger partial charge in [-0.25, -0.2) is 13.2 Å². The number of nitrogen functional groups attached to an aromatic ring is 1. The highest BCUT2D eigenvalue weighted by Crippen LogP contribution is 2.21. The van der Waals surface area contributed by atoms with Crippen LogP contribution in [0, 0.1) is 6.92 Å². The molecule has 0 aliphatic heterocycles. The zero-order chi connectivity index (χ0) is 15.9. The number of imidazole rings is 1. The van der Waals surface area contributed by atoms with Gasteiger partial charge in [0, 0.05) is 5.69 Å². The Morgan fingerprint density at radius 3 is 2.55 bits per heavy atom. The number of aromatic nitrogens is 2. The molecule has 3 aromatic rings. The maximum Gasteiger partial charge on any atom is 0.340 e. The summed E-state index contributed by atoms with van der Waals surface area (Å²) >= 11 is 0. The first kappa shape index (κ1) is 14.4. The average Bonchev–Trinajstić information content (AvgIpc) is 2.76. The minimum atomic E-state index is -3.82. The highest BCUT2D eigenvalue weighted by Gasteiger charge is 2.21. The van der Waals surface area contributed by atoms with Crippen LogP contribution in [0.2, 0.25) is 0 Å². The van der Waals surface area contributed by atoms with Crippen LogP contribution in [-0.2, 0) is 15.8 Å². The SMILES string of the molecule is Cc1cc2c(cc1N)[nH]c(=O)n2S(=O)(=O)Cc1ccccc1. The lowest BCUT2D eigenvalue weighted by Crippen LogP contribution is -2.26. The normalized spacial score (nSPS) is 11.9. The minimum Gasteiger partial charge on any atom is -0.398 e. The van der Waals surface area contributed by atoms with E-state index in [1.165, 1.54) is 0 Å². The maximum atomic E-state index is 12.6. The van der Waals surface area contributed by atoms with Crippen LogP contribution < -0.4 is 11.4 Å². The minimum absolute atomic E-state index is 0.246. The number of benzene rings is 2. The number of nitrogens with one attached hydrogen (secondary N) is 1. The lowest BCUT2D eigenvalue weighted by atomic mass is 10.2. The first-order chi connectivity index (χ1) is 10.4. The van der Waals surface area contributed by atoms with Crippen LogP contribution in [0.1, 0.15) is 11.1 Å². The summed E-state index contributed by atoms with van der Waals surface area (Å²) in [5, 5.41) is 0. The van der Waals surface area contributed by atoms with Crippen LogP contribution in [-0.4, -0.2) is 17.4 Å². The van der Waals surface area contributed by atoms with Crippen LogP contribution in [0.3, 0.4) is 0 Å². The number of rotatable bonds is 3. The summed E-state index contributed by atoms with van der Waals surface area (Å²) in [5.41, 5.74) is 7.67. The van der Waals surface area contributed by atoms with Crippen LogP contribution in [0.4, 0.5) is 5.69 Å². The van der Waals surface area contributed by atoms with Crippen molar-refractivity contribution in [3.8, 4) is 0 Å². The van der Waals surface area contributed by atoms with E-state index in [2.05, 4.69) is 4.98 Å². The topological polar surface area (TPSA) is 97.9 Å². The zero-order valence-electron chi connectivity index (χ0n) is 11.9. The summed E-state index contributed by atoms with van der Waals surface area (Å²) in [6.07, 6.45) is 0. The zero-order valence-corrected chi connectivity index (χ0v) is 12.7. The van der Waals surface area contributed by atoms with E-state index in [0.29, 0.717) is 22.3 Å². The smallest absolute Gasteiger partial charge is 0.340 e. The van der Waals surface area contributed by atoms with E-state index in [1.54, 1.807) is 49.4 Å². The van der Waals surface area contributed by atoms with Gasteiger partial charge in [0.2, 0.25) is 10.0 Å². The second kappa shape index (κ2) is 5.03. The molecule has 0 bridgehead atoms. The van der Waals surface area contributed by atoms with E-state index in [9.17, 15) is 13.2 Å². The molecule has 0 unspecified atom stereocenters. The van der Waals surface area contributed by atoms with Gasteiger partial charge < -0.3 is 10.7 Å². The Balaban J connectivity index is 2.19. The highest BCUT2D eigenvalue weighted by atomic mass is 32.2. The van der Waals surface area contributed by atoms with Gasteiger partial charge in [0.1, 0.15) is 0 Å². The van der Waals surface area contributed by atoms with E-state index in [4.69, 9.17) is 5.73 Å². The summed E-state index contributed by atoms with van der Waals surface area (Å²) in [6, 6.07) is 11.9. The van der Waals surface area contributed by atoms with Crippen molar-refractivity contribution < 1.29 is 8.42 Å². The van der Waals surface area contributed by atoms with Gasteiger partial charge in [0.15, 0.2) is 0 Å². The standard InChI is InChI=1S/C15H15N3O3S/c1-10-7-14-13(8-12(10)16)17-15(19)18(14)22(20,21)9-11-5-3-2-4-6-11/h2-8H,9,16H2,1H3,(H,17,19). The molecule has 0 aliphatic carbocycles. The highest BCUT2D eigenvalue weighted by molar-refractivity contribution is 7.89. The Morgan fingerprint density at radius 2 is 1.86 bits per heavy atom. The molecule has 0 aliphatic rings. The van der Waals surface area contributed by atoms with Crippen LogP contribution in [0.15, 0.2) is 47.3 Å². The molecule has 2 aromatic carbocycles. The summed E-state index contributed by atoms with van der Waals surface area (Å²) in [6.45, 7) is 1.76. The van der Waals surface area contributed by atoms with Gasteiger partial charge in [-0.2, -0.15) is 3.97 Å². The van der Waals surface area contributed by atoms with Crippen molar-refractivity contribution in [2.24, 2.45) is 0 Å². The van der Waals surface area contributed by atoms with E-state index >= 15 is 0 Å². The molecule has 114 valence electrons. The molecule has 22 heavy (non-hydrogen) atoms. The van der Waals surface area contributed by atoms with Crippen LogP contribution >= 0.6 is 0 Å². The molecule has 0 fully saturated rings. The number of aryl methyl sites for hydroxylation is 1. The van der Waals surface area contributed by atoms with E-state index in [0.717, 1.165) is 9.54 Å². The van der Waals surface area contributed by atoms with Crippen molar-refractivity contribution in [3.63, 3.8) is 0 Å². The lowest BCUT2D eigenvalue weighted by Gasteiger charge is -2.07. The Morgan fingerprint density at radius 1 is 1.18 bits per heavy atom. The predicted molar refractivity (Wildman–Crippen MR) is 86.2 cm³/mol. The molecule has 0 spiro atoms. The van der Waals surface area contributed by atoms with Crippen molar-refractivity contribution >= 4 is 26.7 Å². The summed E-state index contributed by atoms with van der Waals surface area (Å²) in [4.78, 5) is 14.6. The number of anilines is 1. The fraction of sp³-hybridized carbons (Fsp3) is 0.133. The van der Waals surface area contributed by atoms with E-state index in [-0.39, 0.29) is 5.75 Å². The molecule has 3 rings (SSSR count). The molecular weight excluding hydrogens is 302 g/mol. The number of fused-ring (bicyclic) bond motifs is 1. The van der Waals surface area contributed by atoms with Crippen LogP contribution in [0.25, 0.3) is 11.0 Å². The Bertz CT molecular complexity index is 1000. The van der Waals surface area contributed by atoms with E-state index < -0.39 is 15.7 Å². The second-order valence-electron chi connectivity index (χ2n) is 5.16.